The molecule has 0 radical (unpaired) electrons. The number of aliphatic carboxylic acids is 1. The second-order valence-corrected chi connectivity index (χ2v) is 5.23. The summed E-state index contributed by atoms with van der Waals surface area (Å²) in [5, 5.41) is 8.89. The lowest BCUT2D eigenvalue weighted by Crippen LogP contribution is -2.26. The number of hydrogen-bond acceptors (Lipinski definition) is 4. The Bertz CT molecular complexity index is 489. The Morgan fingerprint density at radius 3 is 2.32 bits per heavy atom. The summed E-state index contributed by atoms with van der Waals surface area (Å²) < 4.78 is 5.30. The number of carbonyl (C=O) groups excluding carboxylic acids is 1. The van der Waals surface area contributed by atoms with Crippen LogP contribution in [0.25, 0.3) is 0 Å². The largest absolute Gasteiger partial charge is 0.481 e. The Morgan fingerprint density at radius 1 is 1.26 bits per heavy atom. The Morgan fingerprint density at radius 2 is 1.84 bits per heavy atom. The zero-order valence-electron chi connectivity index (χ0n) is 11.4. The molecule has 0 saturated heterocycles. The molecular weight excluding hydrogens is 246 g/mol. The van der Waals surface area contributed by atoms with Gasteiger partial charge in [-0.1, -0.05) is 18.2 Å². The van der Waals surface area contributed by atoms with Crippen molar-refractivity contribution in [2.45, 2.75) is 39.3 Å². The van der Waals surface area contributed by atoms with Gasteiger partial charge in [0, 0.05) is 6.54 Å². The number of esters is 1. The highest BCUT2D eigenvalue weighted by molar-refractivity contribution is 5.94. The Kier molecular flexibility index (Phi) is 4.67. The predicted octanol–water partition coefficient (Wildman–Crippen LogP) is 1.73. The van der Waals surface area contributed by atoms with Crippen LogP contribution in [0, 0.1) is 0 Å². The lowest BCUT2D eigenvalue weighted by Gasteiger charge is -2.21. The third-order valence-corrected chi connectivity index (χ3v) is 2.40. The molecule has 1 rings (SSSR count). The molecule has 3 N–H and O–H groups in total. The van der Waals surface area contributed by atoms with Crippen LogP contribution < -0.4 is 5.73 Å². The van der Waals surface area contributed by atoms with Crippen molar-refractivity contribution in [2.24, 2.45) is 5.73 Å². The van der Waals surface area contributed by atoms with Crippen LogP contribution in [-0.2, 0) is 22.5 Å². The average molecular weight is 265 g/mol. The minimum Gasteiger partial charge on any atom is -0.481 e. The van der Waals surface area contributed by atoms with Gasteiger partial charge in [-0.3, -0.25) is 4.79 Å². The van der Waals surface area contributed by atoms with Gasteiger partial charge in [-0.15, -0.1) is 0 Å². The molecule has 0 aliphatic rings. The fourth-order valence-corrected chi connectivity index (χ4v) is 1.72. The SMILES string of the molecule is CC(C)(C)OC(=O)c1c(CN)cccc1CC(=O)O. The van der Waals surface area contributed by atoms with Crippen LogP contribution in [0.4, 0.5) is 0 Å². The molecule has 0 spiro atoms. The molecule has 1 aromatic rings. The summed E-state index contributed by atoms with van der Waals surface area (Å²) in [6, 6.07) is 4.99. The predicted molar refractivity (Wildman–Crippen MR) is 70.8 cm³/mol. The monoisotopic (exact) mass is 265 g/mol. The summed E-state index contributed by atoms with van der Waals surface area (Å²) in [7, 11) is 0. The minimum absolute atomic E-state index is 0.155. The van der Waals surface area contributed by atoms with Crippen molar-refractivity contribution in [3.05, 3.63) is 34.9 Å². The van der Waals surface area contributed by atoms with Gasteiger partial charge < -0.3 is 15.6 Å². The summed E-state index contributed by atoms with van der Waals surface area (Å²) in [5.74, 6) is -1.54. The molecule has 0 aliphatic heterocycles. The zero-order valence-corrected chi connectivity index (χ0v) is 11.4. The molecule has 1 aromatic carbocycles. The third-order valence-electron chi connectivity index (χ3n) is 2.40. The highest BCUT2D eigenvalue weighted by atomic mass is 16.6. The Balaban J connectivity index is 3.21. The van der Waals surface area contributed by atoms with Gasteiger partial charge in [0.15, 0.2) is 0 Å². The van der Waals surface area contributed by atoms with Crippen LogP contribution in [0.15, 0.2) is 18.2 Å². The van der Waals surface area contributed by atoms with E-state index in [9.17, 15) is 9.59 Å². The molecule has 0 atom stereocenters. The van der Waals surface area contributed by atoms with E-state index in [1.165, 1.54) is 0 Å². The summed E-state index contributed by atoms with van der Waals surface area (Å²) in [4.78, 5) is 23.0. The topological polar surface area (TPSA) is 89.6 Å². The molecule has 0 fully saturated rings. The maximum Gasteiger partial charge on any atom is 0.339 e. The molecular formula is C14H19NO4. The number of carboxylic acid groups (broad SMARTS) is 1. The number of benzene rings is 1. The van der Waals surface area contributed by atoms with Crippen molar-refractivity contribution in [1.29, 1.82) is 0 Å². The highest BCUT2D eigenvalue weighted by Crippen LogP contribution is 2.20. The fraction of sp³-hybridized carbons (Fsp3) is 0.429. The number of ether oxygens (including phenoxy) is 1. The number of rotatable bonds is 4. The first kappa shape index (κ1) is 15.2. The standard InChI is InChI=1S/C14H19NO4/c1-14(2,3)19-13(18)12-9(7-11(16)17)5-4-6-10(12)8-15/h4-6H,7-8,15H2,1-3H3,(H,16,17). The average Bonchev–Trinajstić information content (AvgIpc) is 2.25. The maximum atomic E-state index is 12.2. The molecule has 0 aromatic heterocycles. The lowest BCUT2D eigenvalue weighted by atomic mass is 9.98. The van der Waals surface area contributed by atoms with Crippen LogP contribution in [0.5, 0.6) is 0 Å². The second kappa shape index (κ2) is 5.84. The summed E-state index contributed by atoms with van der Waals surface area (Å²) in [6.07, 6.45) is -0.234. The van der Waals surface area contributed by atoms with Crippen molar-refractivity contribution >= 4 is 11.9 Å². The first-order chi connectivity index (χ1) is 8.74. The first-order valence-electron chi connectivity index (χ1n) is 6.00. The van der Waals surface area contributed by atoms with Crippen LogP contribution in [0.1, 0.15) is 42.3 Å². The van der Waals surface area contributed by atoms with E-state index in [2.05, 4.69) is 0 Å². The normalized spacial score (nSPS) is 11.2. The van der Waals surface area contributed by atoms with Gasteiger partial charge in [-0.05, 0) is 31.9 Å². The van der Waals surface area contributed by atoms with E-state index in [0.717, 1.165) is 0 Å². The van der Waals surface area contributed by atoms with Crippen molar-refractivity contribution < 1.29 is 19.4 Å². The molecule has 5 heteroatoms. The molecule has 0 heterocycles. The van der Waals surface area contributed by atoms with Crippen LogP contribution >= 0.6 is 0 Å². The summed E-state index contributed by atoms with van der Waals surface area (Å²) >= 11 is 0. The van der Waals surface area contributed by atoms with E-state index >= 15 is 0 Å². The Hall–Kier alpha value is -1.88. The van der Waals surface area contributed by atoms with Crippen molar-refractivity contribution in [3.63, 3.8) is 0 Å². The molecule has 0 aliphatic carbocycles. The maximum absolute atomic E-state index is 12.2. The molecule has 0 unspecified atom stereocenters. The number of nitrogens with two attached hydrogens (primary N) is 1. The van der Waals surface area contributed by atoms with Crippen molar-refractivity contribution in [3.8, 4) is 0 Å². The van der Waals surface area contributed by atoms with E-state index in [-0.39, 0.29) is 18.5 Å². The van der Waals surface area contributed by atoms with Crippen molar-refractivity contribution in [2.75, 3.05) is 0 Å². The molecule has 0 bridgehead atoms. The van der Waals surface area contributed by atoms with E-state index < -0.39 is 17.5 Å². The van der Waals surface area contributed by atoms with Gasteiger partial charge in [0.1, 0.15) is 5.60 Å². The van der Waals surface area contributed by atoms with Crippen molar-refractivity contribution in [1.82, 2.24) is 0 Å². The third kappa shape index (κ3) is 4.37. The van der Waals surface area contributed by atoms with E-state index in [4.69, 9.17) is 15.6 Å². The lowest BCUT2D eigenvalue weighted by molar-refractivity contribution is -0.136. The fourth-order valence-electron chi connectivity index (χ4n) is 1.72. The van der Waals surface area contributed by atoms with E-state index in [0.29, 0.717) is 11.1 Å². The molecule has 0 saturated carbocycles. The smallest absolute Gasteiger partial charge is 0.339 e. The zero-order chi connectivity index (χ0) is 14.6. The molecule has 0 amide bonds. The van der Waals surface area contributed by atoms with Crippen LogP contribution in [0.3, 0.4) is 0 Å². The van der Waals surface area contributed by atoms with E-state index in [1.807, 2.05) is 0 Å². The number of carboxylic acids is 1. The number of hydrogen-bond donors (Lipinski definition) is 2. The molecule has 19 heavy (non-hydrogen) atoms. The molecule has 104 valence electrons. The first-order valence-corrected chi connectivity index (χ1v) is 6.00. The van der Waals surface area contributed by atoms with Gasteiger partial charge >= 0.3 is 11.9 Å². The number of carbonyl (C=O) groups is 2. The molecule has 5 nitrogen and oxygen atoms in total. The van der Waals surface area contributed by atoms with Crippen LogP contribution in [-0.4, -0.2) is 22.6 Å². The van der Waals surface area contributed by atoms with E-state index in [1.54, 1.807) is 39.0 Å². The van der Waals surface area contributed by atoms with Crippen LogP contribution in [0.2, 0.25) is 0 Å². The van der Waals surface area contributed by atoms with Gasteiger partial charge in [0.05, 0.1) is 12.0 Å². The quantitative estimate of drug-likeness (QED) is 0.809. The second-order valence-electron chi connectivity index (χ2n) is 5.23. The van der Waals surface area contributed by atoms with Gasteiger partial charge in [-0.25, -0.2) is 4.79 Å². The van der Waals surface area contributed by atoms with Gasteiger partial charge in [-0.2, -0.15) is 0 Å². The Labute approximate surface area is 112 Å². The summed E-state index contributed by atoms with van der Waals surface area (Å²) in [5.41, 5.74) is 6.23. The van der Waals surface area contributed by atoms with Gasteiger partial charge in [0.25, 0.3) is 0 Å². The highest BCUT2D eigenvalue weighted by Gasteiger charge is 2.23. The van der Waals surface area contributed by atoms with Gasteiger partial charge in [0.2, 0.25) is 0 Å². The summed E-state index contributed by atoms with van der Waals surface area (Å²) in [6.45, 7) is 5.43. The minimum atomic E-state index is -1.00.